The quantitative estimate of drug-likeness (QED) is 0.312. The second-order valence-corrected chi connectivity index (χ2v) is 10.7. The van der Waals surface area contributed by atoms with Crippen LogP contribution in [0.5, 0.6) is 5.75 Å². The Morgan fingerprint density at radius 3 is 2.77 bits per heavy atom. The Bertz CT molecular complexity index is 821. The third-order valence-electron chi connectivity index (χ3n) is 8.48. The van der Waals surface area contributed by atoms with E-state index in [1.165, 1.54) is 24.5 Å². The van der Waals surface area contributed by atoms with Crippen molar-refractivity contribution in [3.63, 3.8) is 0 Å². The maximum Gasteiger partial charge on any atom is 0.308 e. The number of fused-ring (bicyclic) bond motifs is 5. The molecule has 4 rings (SSSR count). The number of carbonyl (C=O) groups is 2. The van der Waals surface area contributed by atoms with E-state index < -0.39 is 5.97 Å². The molecule has 0 aromatic heterocycles. The van der Waals surface area contributed by atoms with E-state index in [-0.39, 0.29) is 17.3 Å². The number of hydrogen-bond acceptors (Lipinski definition) is 3. The number of alkyl halides is 1. The van der Waals surface area contributed by atoms with Gasteiger partial charge in [0.2, 0.25) is 0 Å². The van der Waals surface area contributed by atoms with Gasteiger partial charge >= 0.3 is 11.9 Å². The van der Waals surface area contributed by atoms with Crippen LogP contribution in [0, 0.1) is 29.1 Å². The third-order valence-corrected chi connectivity index (χ3v) is 9.05. The molecule has 0 amide bonds. The normalized spacial score (nSPS) is 33.2. The third kappa shape index (κ3) is 3.83. The van der Waals surface area contributed by atoms with E-state index >= 15 is 0 Å². The number of benzene rings is 1. The minimum atomic E-state index is -0.600. The molecule has 0 spiro atoms. The van der Waals surface area contributed by atoms with Gasteiger partial charge in [0.05, 0.1) is 5.92 Å². The van der Waals surface area contributed by atoms with Crippen LogP contribution in [0.2, 0.25) is 0 Å². The lowest BCUT2D eigenvalue weighted by Gasteiger charge is -2.52. The lowest BCUT2D eigenvalue weighted by molar-refractivity contribution is -0.146. The van der Waals surface area contributed by atoms with Gasteiger partial charge in [-0.25, -0.2) is 0 Å². The molecule has 0 aliphatic heterocycles. The van der Waals surface area contributed by atoms with Crippen LogP contribution in [0.1, 0.15) is 75.8 Å². The molecular formula is C25H33BrO4. The first kappa shape index (κ1) is 21.9. The van der Waals surface area contributed by atoms with Crippen LogP contribution in [0.25, 0.3) is 0 Å². The molecule has 3 aliphatic rings. The van der Waals surface area contributed by atoms with Gasteiger partial charge in [0, 0.05) is 12.3 Å². The molecule has 1 N–H and O–H groups in total. The summed E-state index contributed by atoms with van der Waals surface area (Å²) in [4.78, 5) is 23.4. The molecule has 1 aromatic carbocycles. The first-order valence-corrected chi connectivity index (χ1v) is 12.6. The minimum absolute atomic E-state index is 0.145. The number of hydrogen-bond donors (Lipinski definition) is 1. The van der Waals surface area contributed by atoms with Crippen molar-refractivity contribution >= 4 is 27.9 Å². The molecule has 164 valence electrons. The smallest absolute Gasteiger partial charge is 0.308 e. The Balaban J connectivity index is 1.56. The fourth-order valence-electron chi connectivity index (χ4n) is 7.28. The van der Waals surface area contributed by atoms with E-state index in [2.05, 4.69) is 35.0 Å². The number of ether oxygens (including phenoxy) is 1. The average Bonchev–Trinajstić information content (AvgIpc) is 3.04. The summed E-state index contributed by atoms with van der Waals surface area (Å²) < 4.78 is 5.30. The summed E-state index contributed by atoms with van der Waals surface area (Å²) in [6, 6.07) is 6.17. The van der Waals surface area contributed by atoms with Crippen LogP contribution in [0.3, 0.4) is 0 Å². The van der Waals surface area contributed by atoms with Gasteiger partial charge in [0.1, 0.15) is 5.75 Å². The molecule has 3 aliphatic carbocycles. The van der Waals surface area contributed by atoms with Crippen molar-refractivity contribution in [1.29, 1.82) is 0 Å². The maximum atomic E-state index is 12.1. The minimum Gasteiger partial charge on any atom is -0.481 e. The predicted octanol–water partition coefficient (Wildman–Crippen LogP) is 5.96. The van der Waals surface area contributed by atoms with Gasteiger partial charge in [-0.2, -0.15) is 0 Å². The van der Waals surface area contributed by atoms with Gasteiger partial charge in [0.15, 0.2) is 0 Å². The molecule has 5 heteroatoms. The van der Waals surface area contributed by atoms with Crippen LogP contribution in [0.15, 0.2) is 18.2 Å². The van der Waals surface area contributed by atoms with Crippen molar-refractivity contribution in [1.82, 2.24) is 0 Å². The number of rotatable bonds is 6. The molecule has 6 atom stereocenters. The molecule has 0 saturated heterocycles. The summed E-state index contributed by atoms with van der Waals surface area (Å²) in [6.07, 6.45) is 8.37. The molecule has 0 radical (unpaired) electrons. The van der Waals surface area contributed by atoms with Crippen molar-refractivity contribution in [3.05, 3.63) is 29.3 Å². The van der Waals surface area contributed by atoms with Crippen molar-refractivity contribution in [3.8, 4) is 5.75 Å². The molecular weight excluding hydrogens is 444 g/mol. The van der Waals surface area contributed by atoms with Crippen LogP contribution >= 0.6 is 15.9 Å². The number of halogens is 1. The summed E-state index contributed by atoms with van der Waals surface area (Å²) in [7, 11) is 0. The zero-order valence-electron chi connectivity index (χ0n) is 18.0. The number of aliphatic carboxylic acids is 1. The van der Waals surface area contributed by atoms with Crippen molar-refractivity contribution in [2.45, 2.75) is 71.1 Å². The number of carbonyl (C=O) groups excluding carboxylic acids is 1. The first-order chi connectivity index (χ1) is 14.3. The van der Waals surface area contributed by atoms with Gasteiger partial charge in [-0.15, -0.1) is 0 Å². The Kier molecular flexibility index (Phi) is 6.30. The van der Waals surface area contributed by atoms with Crippen LogP contribution in [0.4, 0.5) is 0 Å². The fraction of sp³-hybridized carbons (Fsp3) is 0.680. The van der Waals surface area contributed by atoms with Crippen molar-refractivity contribution < 1.29 is 19.4 Å². The van der Waals surface area contributed by atoms with Gasteiger partial charge in [-0.3, -0.25) is 9.59 Å². The van der Waals surface area contributed by atoms with E-state index in [9.17, 15) is 14.7 Å². The summed E-state index contributed by atoms with van der Waals surface area (Å²) in [5.41, 5.74) is 2.90. The predicted molar refractivity (Wildman–Crippen MR) is 120 cm³/mol. The number of aryl methyl sites for hydroxylation is 1. The lowest BCUT2D eigenvalue weighted by atomic mass is 9.53. The average molecular weight is 477 g/mol. The summed E-state index contributed by atoms with van der Waals surface area (Å²) >= 11 is 3.48. The summed E-state index contributed by atoms with van der Waals surface area (Å²) in [6.45, 7) is 3.84. The molecule has 2 fully saturated rings. The highest BCUT2D eigenvalue weighted by atomic mass is 79.9. The van der Waals surface area contributed by atoms with Crippen molar-refractivity contribution in [2.24, 2.45) is 29.1 Å². The lowest BCUT2D eigenvalue weighted by Crippen LogP contribution is -2.45. The monoisotopic (exact) mass is 476 g/mol. The largest absolute Gasteiger partial charge is 0.481 e. The Hall–Kier alpha value is -1.36. The van der Waals surface area contributed by atoms with E-state index in [4.69, 9.17) is 4.74 Å². The van der Waals surface area contributed by atoms with E-state index in [1.54, 1.807) is 0 Å². The SMILES string of the molecule is CC(=O)Oc1ccc2c(c1)CC[C@@H]1[C@@H]2CC[C@]2(C)[C@@H](C(CCCBr)C(=O)O)CC[C@@H]12. The molecule has 1 unspecified atom stereocenters. The van der Waals surface area contributed by atoms with Crippen LogP contribution < -0.4 is 4.74 Å². The van der Waals surface area contributed by atoms with Gasteiger partial charge in [-0.1, -0.05) is 28.9 Å². The number of esters is 1. The van der Waals surface area contributed by atoms with Crippen LogP contribution in [-0.4, -0.2) is 22.4 Å². The molecule has 30 heavy (non-hydrogen) atoms. The zero-order valence-corrected chi connectivity index (χ0v) is 19.6. The second-order valence-electron chi connectivity index (χ2n) is 9.87. The molecule has 2 saturated carbocycles. The highest BCUT2D eigenvalue weighted by molar-refractivity contribution is 9.09. The molecule has 1 aromatic rings. The standard InChI is InChI=1S/C25H33BrO4/c1-15(27)30-17-6-8-18-16(14-17)5-7-20-19(18)11-12-25(2)22(20)9-10-23(25)21(24(28)29)4-3-13-26/h6,8,14,19-23H,3-5,7,9-13H2,1-2H3,(H,28,29)/t19-,20-,21?,22+,23-,25+/m1/s1. The maximum absolute atomic E-state index is 12.1. The first-order valence-electron chi connectivity index (χ1n) is 11.4. The van der Waals surface area contributed by atoms with Crippen molar-refractivity contribution in [2.75, 3.05) is 5.33 Å². The zero-order chi connectivity index (χ0) is 21.5. The number of carboxylic acid groups (broad SMARTS) is 1. The van der Waals surface area contributed by atoms with Gasteiger partial charge < -0.3 is 9.84 Å². The highest BCUT2D eigenvalue weighted by Crippen LogP contribution is 2.64. The summed E-state index contributed by atoms with van der Waals surface area (Å²) in [5, 5.41) is 10.8. The summed E-state index contributed by atoms with van der Waals surface area (Å²) in [5.74, 6) is 1.68. The Labute approximate surface area is 187 Å². The Morgan fingerprint density at radius 2 is 2.07 bits per heavy atom. The fourth-order valence-corrected chi connectivity index (χ4v) is 7.61. The molecule has 0 bridgehead atoms. The van der Waals surface area contributed by atoms with E-state index in [0.717, 1.165) is 50.3 Å². The second kappa shape index (κ2) is 8.64. The molecule has 0 heterocycles. The van der Waals surface area contributed by atoms with Gasteiger partial charge in [0.25, 0.3) is 0 Å². The van der Waals surface area contributed by atoms with E-state index in [1.807, 2.05) is 6.07 Å². The van der Waals surface area contributed by atoms with Crippen LogP contribution in [-0.2, 0) is 16.0 Å². The van der Waals surface area contributed by atoms with E-state index in [0.29, 0.717) is 29.4 Å². The Morgan fingerprint density at radius 1 is 1.27 bits per heavy atom. The topological polar surface area (TPSA) is 63.6 Å². The van der Waals surface area contributed by atoms with Gasteiger partial charge in [-0.05, 0) is 104 Å². The number of carboxylic acids is 1. The highest BCUT2D eigenvalue weighted by Gasteiger charge is 2.57. The molecule has 4 nitrogen and oxygen atoms in total.